The van der Waals surface area contributed by atoms with E-state index in [0.29, 0.717) is 6.54 Å². The molecule has 2 saturated heterocycles. The number of nitrogens with zero attached hydrogens (tertiary/aromatic N) is 3. The Hall–Kier alpha value is -1.95. The SMILES string of the molecule is CCN1C(=O)N[C@@](C)([C@H]2CCCN(CCc3ccncc3)C2)C1=O. The van der Waals surface area contributed by atoms with Crippen LogP contribution in [0.25, 0.3) is 0 Å². The molecule has 1 aromatic heterocycles. The number of pyridine rings is 1. The molecule has 2 aliphatic rings. The first-order chi connectivity index (χ1) is 11.5. The Morgan fingerprint density at radius 1 is 1.33 bits per heavy atom. The van der Waals surface area contributed by atoms with Gasteiger partial charge in [-0.15, -0.1) is 0 Å². The number of rotatable bonds is 5. The number of hydrogen-bond acceptors (Lipinski definition) is 4. The van der Waals surface area contributed by atoms with Crippen molar-refractivity contribution < 1.29 is 9.59 Å². The van der Waals surface area contributed by atoms with E-state index in [1.165, 1.54) is 10.5 Å². The van der Waals surface area contributed by atoms with E-state index in [1.54, 1.807) is 0 Å². The van der Waals surface area contributed by atoms with Crippen LogP contribution >= 0.6 is 0 Å². The summed E-state index contributed by atoms with van der Waals surface area (Å²) in [6, 6.07) is 3.84. The molecule has 130 valence electrons. The summed E-state index contributed by atoms with van der Waals surface area (Å²) in [6.07, 6.45) is 6.66. The van der Waals surface area contributed by atoms with E-state index >= 15 is 0 Å². The molecule has 0 unspecified atom stereocenters. The van der Waals surface area contributed by atoms with Gasteiger partial charge in [0.25, 0.3) is 5.91 Å². The van der Waals surface area contributed by atoms with Gasteiger partial charge < -0.3 is 10.2 Å². The number of likely N-dealkylation sites (tertiary alicyclic amines) is 1. The number of amides is 3. The van der Waals surface area contributed by atoms with Crippen molar-refractivity contribution in [3.8, 4) is 0 Å². The van der Waals surface area contributed by atoms with Gasteiger partial charge in [-0.25, -0.2) is 4.79 Å². The second-order valence-corrected chi connectivity index (χ2v) is 6.93. The molecule has 0 radical (unpaired) electrons. The van der Waals surface area contributed by atoms with Crippen LogP contribution < -0.4 is 5.32 Å². The molecule has 3 rings (SSSR count). The maximum Gasteiger partial charge on any atom is 0.325 e. The minimum absolute atomic E-state index is 0.0732. The number of carbonyl (C=O) groups excluding carboxylic acids is 2. The molecule has 3 amide bonds. The highest BCUT2D eigenvalue weighted by atomic mass is 16.2. The Morgan fingerprint density at radius 3 is 2.75 bits per heavy atom. The number of hydrogen-bond donors (Lipinski definition) is 1. The van der Waals surface area contributed by atoms with Gasteiger partial charge in [0.05, 0.1) is 0 Å². The van der Waals surface area contributed by atoms with Gasteiger partial charge in [-0.3, -0.25) is 14.7 Å². The fourth-order valence-corrected chi connectivity index (χ4v) is 3.85. The number of carbonyl (C=O) groups is 2. The number of likely N-dealkylation sites (N-methyl/N-ethyl adjacent to an activating group) is 1. The van der Waals surface area contributed by atoms with Gasteiger partial charge in [-0.1, -0.05) is 0 Å². The van der Waals surface area contributed by atoms with Gasteiger partial charge in [0.1, 0.15) is 5.54 Å². The standard InChI is InChI=1S/C18H26N4O2/c1-3-22-16(23)18(2,20-17(22)24)15-5-4-11-21(13-15)12-8-14-6-9-19-10-7-14/h6-7,9-10,15H,3-5,8,11-13H2,1-2H3,(H,20,24)/t15-,18-/m0/s1. The second-order valence-electron chi connectivity index (χ2n) is 6.93. The largest absolute Gasteiger partial charge is 0.325 e. The van der Waals surface area contributed by atoms with Gasteiger partial charge in [0, 0.05) is 37.9 Å². The Kier molecular flexibility index (Phi) is 4.85. The lowest BCUT2D eigenvalue weighted by molar-refractivity contribution is -0.133. The average molecular weight is 330 g/mol. The van der Waals surface area contributed by atoms with E-state index in [9.17, 15) is 9.59 Å². The monoisotopic (exact) mass is 330 g/mol. The first-order valence-corrected chi connectivity index (χ1v) is 8.80. The number of aromatic nitrogens is 1. The molecule has 6 heteroatoms. The van der Waals surface area contributed by atoms with E-state index in [2.05, 4.69) is 15.2 Å². The lowest BCUT2D eigenvalue weighted by atomic mass is 9.80. The molecule has 1 aromatic rings. The summed E-state index contributed by atoms with van der Waals surface area (Å²) < 4.78 is 0. The van der Waals surface area contributed by atoms with Crippen LogP contribution in [0.3, 0.4) is 0 Å². The number of nitrogens with one attached hydrogen (secondary N) is 1. The predicted molar refractivity (Wildman–Crippen MR) is 91.4 cm³/mol. The quantitative estimate of drug-likeness (QED) is 0.834. The molecule has 2 fully saturated rings. The molecule has 3 heterocycles. The van der Waals surface area contributed by atoms with Gasteiger partial charge in [0.2, 0.25) is 0 Å². The third kappa shape index (κ3) is 3.15. The van der Waals surface area contributed by atoms with Crippen molar-refractivity contribution in [1.29, 1.82) is 0 Å². The fraction of sp³-hybridized carbons (Fsp3) is 0.611. The Morgan fingerprint density at radius 2 is 2.08 bits per heavy atom. The molecule has 24 heavy (non-hydrogen) atoms. The smallest absolute Gasteiger partial charge is 0.323 e. The first-order valence-electron chi connectivity index (χ1n) is 8.80. The average Bonchev–Trinajstić information content (AvgIpc) is 2.84. The van der Waals surface area contributed by atoms with E-state index in [0.717, 1.165) is 38.9 Å². The maximum absolute atomic E-state index is 12.7. The summed E-state index contributed by atoms with van der Waals surface area (Å²) in [5, 5.41) is 2.95. The number of imide groups is 1. The van der Waals surface area contributed by atoms with Crippen LogP contribution in [-0.4, -0.2) is 58.4 Å². The van der Waals surface area contributed by atoms with Crippen molar-refractivity contribution in [3.63, 3.8) is 0 Å². The highest BCUT2D eigenvalue weighted by Gasteiger charge is 2.52. The van der Waals surface area contributed by atoms with Crippen LogP contribution in [0.15, 0.2) is 24.5 Å². The Balaban J connectivity index is 1.63. The molecular weight excluding hydrogens is 304 g/mol. The van der Waals surface area contributed by atoms with E-state index in [4.69, 9.17) is 0 Å². The van der Waals surface area contributed by atoms with E-state index < -0.39 is 5.54 Å². The van der Waals surface area contributed by atoms with Crippen LogP contribution in [0.4, 0.5) is 4.79 Å². The number of piperidine rings is 1. The van der Waals surface area contributed by atoms with Gasteiger partial charge in [-0.2, -0.15) is 0 Å². The summed E-state index contributed by atoms with van der Waals surface area (Å²) in [4.78, 5) is 32.5. The predicted octanol–water partition coefficient (Wildman–Crippen LogP) is 1.67. The molecule has 2 atom stereocenters. The molecule has 0 aliphatic carbocycles. The van der Waals surface area contributed by atoms with Crippen LogP contribution in [0.2, 0.25) is 0 Å². The van der Waals surface area contributed by atoms with Crippen LogP contribution in [0.1, 0.15) is 32.3 Å². The third-order valence-electron chi connectivity index (χ3n) is 5.41. The maximum atomic E-state index is 12.7. The van der Waals surface area contributed by atoms with Crippen molar-refractivity contribution in [2.24, 2.45) is 5.92 Å². The van der Waals surface area contributed by atoms with Crippen molar-refractivity contribution >= 4 is 11.9 Å². The Bertz CT molecular complexity index is 606. The molecule has 0 saturated carbocycles. The van der Waals surface area contributed by atoms with Crippen molar-refractivity contribution in [2.45, 2.75) is 38.6 Å². The molecule has 0 spiro atoms. The molecule has 0 bridgehead atoms. The molecule has 6 nitrogen and oxygen atoms in total. The number of urea groups is 1. The second kappa shape index (κ2) is 6.89. The van der Waals surface area contributed by atoms with Crippen LogP contribution in [0.5, 0.6) is 0 Å². The summed E-state index contributed by atoms with van der Waals surface area (Å²) in [5.41, 5.74) is 0.517. The lowest BCUT2D eigenvalue weighted by Gasteiger charge is -2.39. The van der Waals surface area contributed by atoms with Gasteiger partial charge in [-0.05, 0) is 57.4 Å². The summed E-state index contributed by atoms with van der Waals surface area (Å²) in [6.45, 7) is 7.03. The molecule has 1 N–H and O–H groups in total. The highest BCUT2D eigenvalue weighted by molar-refractivity contribution is 6.07. The minimum atomic E-state index is -0.761. The molecule has 0 aromatic carbocycles. The molecule has 2 aliphatic heterocycles. The first kappa shape index (κ1) is 16.9. The topological polar surface area (TPSA) is 65.5 Å². The van der Waals surface area contributed by atoms with Gasteiger partial charge in [0.15, 0.2) is 0 Å². The van der Waals surface area contributed by atoms with Gasteiger partial charge >= 0.3 is 6.03 Å². The Labute approximate surface area is 143 Å². The third-order valence-corrected chi connectivity index (χ3v) is 5.41. The summed E-state index contributed by atoms with van der Waals surface area (Å²) in [7, 11) is 0. The zero-order valence-electron chi connectivity index (χ0n) is 14.5. The van der Waals surface area contributed by atoms with Crippen molar-refractivity contribution in [3.05, 3.63) is 30.1 Å². The molecular formula is C18H26N4O2. The highest BCUT2D eigenvalue weighted by Crippen LogP contribution is 2.32. The van der Waals surface area contributed by atoms with E-state index in [1.807, 2.05) is 38.4 Å². The fourth-order valence-electron chi connectivity index (χ4n) is 3.85. The zero-order chi connectivity index (χ0) is 17.2. The summed E-state index contributed by atoms with van der Waals surface area (Å²) >= 11 is 0. The normalized spacial score (nSPS) is 28.2. The van der Waals surface area contributed by atoms with Crippen molar-refractivity contribution in [1.82, 2.24) is 20.1 Å². The van der Waals surface area contributed by atoms with Crippen LogP contribution in [0, 0.1) is 5.92 Å². The zero-order valence-corrected chi connectivity index (χ0v) is 14.5. The minimum Gasteiger partial charge on any atom is -0.323 e. The van der Waals surface area contributed by atoms with Crippen molar-refractivity contribution in [2.75, 3.05) is 26.2 Å². The van der Waals surface area contributed by atoms with Crippen LogP contribution in [-0.2, 0) is 11.2 Å². The lowest BCUT2D eigenvalue weighted by Crippen LogP contribution is -2.56. The van der Waals surface area contributed by atoms with E-state index in [-0.39, 0.29) is 17.9 Å². The summed E-state index contributed by atoms with van der Waals surface area (Å²) in [5.74, 6) is 0.0904.